The van der Waals surface area contributed by atoms with Crippen LogP contribution in [0.4, 0.5) is 0 Å². The van der Waals surface area contributed by atoms with Gasteiger partial charge < -0.3 is 9.84 Å². The molecule has 0 aliphatic rings. The van der Waals surface area contributed by atoms with E-state index in [0.29, 0.717) is 0 Å². The van der Waals surface area contributed by atoms with Gasteiger partial charge in [0.2, 0.25) is 10.0 Å². The van der Waals surface area contributed by atoms with E-state index in [0.717, 1.165) is 28.5 Å². The highest BCUT2D eigenvalue weighted by atomic mass is 32.2. The van der Waals surface area contributed by atoms with Crippen molar-refractivity contribution in [3.05, 3.63) is 12.4 Å². The van der Waals surface area contributed by atoms with Crippen molar-refractivity contribution in [3.63, 3.8) is 0 Å². The Labute approximate surface area is 109 Å². The molecule has 0 unspecified atom stereocenters. The average molecular weight is 291 g/mol. The molecular weight excluding hydrogens is 278 g/mol. The first kappa shape index (κ1) is 15.1. The van der Waals surface area contributed by atoms with Crippen LogP contribution in [0.3, 0.4) is 0 Å². The Morgan fingerprint density at radius 2 is 2.16 bits per heavy atom. The number of sulfonamides is 1. The van der Waals surface area contributed by atoms with Gasteiger partial charge in [0, 0.05) is 13.2 Å². The Balaban J connectivity index is 2.90. The molecule has 0 atom stereocenters. The average Bonchev–Trinajstić information content (AvgIpc) is 2.76. The van der Waals surface area contributed by atoms with Crippen molar-refractivity contribution in [2.45, 2.75) is 11.4 Å². The summed E-state index contributed by atoms with van der Waals surface area (Å²) in [5.41, 5.74) is 0. The quantitative estimate of drug-likeness (QED) is 0.651. The lowest BCUT2D eigenvalue weighted by molar-refractivity contribution is -0.140. The van der Waals surface area contributed by atoms with Crippen LogP contribution in [-0.4, -0.2) is 60.3 Å². The number of hydrogen-bond acceptors (Lipinski definition) is 6. The fourth-order valence-corrected chi connectivity index (χ4v) is 2.28. The number of ether oxygens (including phenoxy) is 1. The first-order valence-electron chi connectivity index (χ1n) is 5.04. The van der Waals surface area contributed by atoms with E-state index in [2.05, 4.69) is 9.84 Å². The van der Waals surface area contributed by atoms with Crippen molar-refractivity contribution in [3.8, 4) is 0 Å². The van der Waals surface area contributed by atoms with Gasteiger partial charge in [0.05, 0.1) is 13.3 Å². The molecule has 19 heavy (non-hydrogen) atoms. The number of aromatic nitrogens is 2. The van der Waals surface area contributed by atoms with Crippen molar-refractivity contribution in [2.24, 2.45) is 0 Å². The monoisotopic (exact) mass is 291 g/mol. The highest BCUT2D eigenvalue weighted by Crippen LogP contribution is 2.12. The number of carbonyl (C=O) groups excluding carboxylic acids is 1. The Bertz CT molecular complexity index is 579. The lowest BCUT2D eigenvalue weighted by Crippen LogP contribution is -2.32. The summed E-state index contributed by atoms with van der Waals surface area (Å²) in [5.74, 6) is -1.85. The number of carboxylic acids is 1. The van der Waals surface area contributed by atoms with Gasteiger partial charge in [-0.15, -0.1) is 0 Å². The number of carbonyl (C=O) groups is 2. The van der Waals surface area contributed by atoms with Crippen LogP contribution in [0.25, 0.3) is 0 Å². The van der Waals surface area contributed by atoms with Crippen molar-refractivity contribution >= 4 is 22.0 Å². The second kappa shape index (κ2) is 5.80. The summed E-state index contributed by atoms with van der Waals surface area (Å²) in [7, 11) is -1.55. The molecule has 1 N–H and O–H groups in total. The molecule has 1 heterocycles. The van der Waals surface area contributed by atoms with E-state index in [1.165, 1.54) is 7.05 Å². The Hall–Kier alpha value is -1.94. The standard InChI is InChI=1S/C9H13N3O6S/c1-11(6-9(15)18-2)19(16,17)7-3-10-12(4-7)5-8(13)14/h3-4H,5-6H2,1-2H3,(H,13,14). The summed E-state index contributed by atoms with van der Waals surface area (Å²) < 4.78 is 30.1. The maximum Gasteiger partial charge on any atom is 0.325 e. The highest BCUT2D eigenvalue weighted by Gasteiger charge is 2.25. The molecule has 0 radical (unpaired) electrons. The number of aliphatic carboxylic acids is 1. The summed E-state index contributed by atoms with van der Waals surface area (Å²) in [6.07, 6.45) is 2.10. The first-order valence-corrected chi connectivity index (χ1v) is 6.48. The molecule has 0 bridgehead atoms. The molecule has 1 aromatic heterocycles. The van der Waals surface area contributed by atoms with E-state index in [9.17, 15) is 18.0 Å². The van der Waals surface area contributed by atoms with Crippen LogP contribution in [0.5, 0.6) is 0 Å². The van der Waals surface area contributed by atoms with Gasteiger partial charge in [-0.1, -0.05) is 0 Å². The van der Waals surface area contributed by atoms with Crippen LogP contribution in [0.1, 0.15) is 0 Å². The van der Waals surface area contributed by atoms with Gasteiger partial charge in [-0.2, -0.15) is 9.40 Å². The fraction of sp³-hybridized carbons (Fsp3) is 0.444. The van der Waals surface area contributed by atoms with E-state index < -0.39 is 35.1 Å². The zero-order valence-corrected chi connectivity index (χ0v) is 11.1. The van der Waals surface area contributed by atoms with Crippen molar-refractivity contribution < 1.29 is 27.9 Å². The highest BCUT2D eigenvalue weighted by molar-refractivity contribution is 7.89. The number of likely N-dealkylation sites (N-methyl/N-ethyl adjacent to an activating group) is 1. The molecule has 0 saturated heterocycles. The minimum Gasteiger partial charge on any atom is -0.480 e. The number of nitrogens with zero attached hydrogens (tertiary/aromatic N) is 3. The van der Waals surface area contributed by atoms with Crippen molar-refractivity contribution in [1.29, 1.82) is 0 Å². The first-order chi connectivity index (χ1) is 8.77. The molecular formula is C9H13N3O6S. The molecule has 0 aliphatic heterocycles. The molecule has 0 aliphatic carbocycles. The number of esters is 1. The number of carboxylic acid groups (broad SMARTS) is 1. The lowest BCUT2D eigenvalue weighted by atomic mass is 10.6. The van der Waals surface area contributed by atoms with Crippen LogP contribution in [0.2, 0.25) is 0 Å². The van der Waals surface area contributed by atoms with E-state index in [-0.39, 0.29) is 4.90 Å². The van der Waals surface area contributed by atoms with Crippen LogP contribution in [-0.2, 0) is 30.9 Å². The van der Waals surface area contributed by atoms with Gasteiger partial charge in [-0.05, 0) is 0 Å². The zero-order valence-electron chi connectivity index (χ0n) is 10.3. The topological polar surface area (TPSA) is 119 Å². The minimum atomic E-state index is -3.90. The molecule has 0 amide bonds. The minimum absolute atomic E-state index is 0.194. The summed E-state index contributed by atoms with van der Waals surface area (Å²) in [6.45, 7) is -0.890. The number of rotatable bonds is 6. The molecule has 9 nitrogen and oxygen atoms in total. The molecule has 0 fully saturated rings. The van der Waals surface area contributed by atoms with Crippen LogP contribution in [0.15, 0.2) is 17.3 Å². The van der Waals surface area contributed by atoms with Crippen LogP contribution < -0.4 is 0 Å². The van der Waals surface area contributed by atoms with Crippen LogP contribution >= 0.6 is 0 Å². The predicted molar refractivity (Wildman–Crippen MR) is 61.7 cm³/mol. The summed E-state index contributed by atoms with van der Waals surface area (Å²) in [4.78, 5) is 21.3. The third-order valence-electron chi connectivity index (χ3n) is 2.19. The van der Waals surface area contributed by atoms with E-state index in [4.69, 9.17) is 5.11 Å². The van der Waals surface area contributed by atoms with Crippen molar-refractivity contribution in [2.75, 3.05) is 20.7 Å². The smallest absolute Gasteiger partial charge is 0.325 e. The molecule has 0 aromatic carbocycles. The lowest BCUT2D eigenvalue weighted by Gasteiger charge is -2.14. The van der Waals surface area contributed by atoms with Gasteiger partial charge in [0.1, 0.15) is 18.0 Å². The fourth-order valence-electron chi connectivity index (χ4n) is 1.21. The van der Waals surface area contributed by atoms with E-state index in [1.54, 1.807) is 0 Å². The second-order valence-corrected chi connectivity index (χ2v) is 5.65. The van der Waals surface area contributed by atoms with Gasteiger partial charge in [0.25, 0.3) is 0 Å². The summed E-state index contributed by atoms with van der Waals surface area (Å²) in [5, 5.41) is 12.2. The predicted octanol–water partition coefficient (Wildman–Crippen LogP) is -1.24. The molecule has 1 aromatic rings. The number of methoxy groups -OCH3 is 1. The largest absolute Gasteiger partial charge is 0.480 e. The van der Waals surface area contributed by atoms with Crippen LogP contribution in [0, 0.1) is 0 Å². The van der Waals surface area contributed by atoms with Crippen molar-refractivity contribution in [1.82, 2.24) is 14.1 Å². The van der Waals surface area contributed by atoms with Gasteiger partial charge in [0.15, 0.2) is 0 Å². The Morgan fingerprint density at radius 1 is 1.53 bits per heavy atom. The summed E-state index contributed by atoms with van der Waals surface area (Å²) >= 11 is 0. The summed E-state index contributed by atoms with van der Waals surface area (Å²) in [6, 6.07) is 0. The molecule has 10 heteroatoms. The Morgan fingerprint density at radius 3 is 2.68 bits per heavy atom. The maximum absolute atomic E-state index is 12.0. The third-order valence-corrected chi connectivity index (χ3v) is 3.95. The molecule has 0 saturated carbocycles. The third kappa shape index (κ3) is 3.76. The molecule has 0 spiro atoms. The second-order valence-electron chi connectivity index (χ2n) is 3.60. The number of hydrogen-bond donors (Lipinski definition) is 1. The zero-order chi connectivity index (χ0) is 14.6. The van der Waals surface area contributed by atoms with E-state index >= 15 is 0 Å². The Kier molecular flexibility index (Phi) is 4.62. The molecule has 1 rings (SSSR count). The SMILES string of the molecule is COC(=O)CN(C)S(=O)(=O)c1cnn(CC(=O)O)c1. The van der Waals surface area contributed by atoms with E-state index in [1.807, 2.05) is 0 Å². The van der Waals surface area contributed by atoms with Gasteiger partial charge in [-0.25, -0.2) is 8.42 Å². The van der Waals surface area contributed by atoms with Gasteiger partial charge >= 0.3 is 11.9 Å². The maximum atomic E-state index is 12.0. The van der Waals surface area contributed by atoms with Gasteiger partial charge in [-0.3, -0.25) is 14.3 Å². The molecule has 106 valence electrons. The normalized spacial score (nSPS) is 11.5.